The molecule has 0 fully saturated rings. The normalized spacial score (nSPS) is 10.9. The monoisotopic (exact) mass is 288 g/mol. The summed E-state index contributed by atoms with van der Waals surface area (Å²) in [6.07, 6.45) is 0. The van der Waals surface area contributed by atoms with Crippen molar-refractivity contribution in [1.82, 2.24) is 9.78 Å². The Hall–Kier alpha value is -1.81. The van der Waals surface area contributed by atoms with Gasteiger partial charge in [-0.25, -0.2) is 0 Å². The minimum Gasteiger partial charge on any atom is -0.267 e. The smallest absolute Gasteiger partial charge is 0.267 e. The van der Waals surface area contributed by atoms with Crippen LogP contribution in [-0.2, 0) is 0 Å². The van der Waals surface area contributed by atoms with E-state index >= 15 is 0 Å². The van der Waals surface area contributed by atoms with Crippen molar-refractivity contribution >= 4 is 26.8 Å². The van der Waals surface area contributed by atoms with Gasteiger partial charge in [-0.1, -0.05) is 34.1 Å². The summed E-state index contributed by atoms with van der Waals surface area (Å²) in [6.45, 7) is 0. The van der Waals surface area contributed by atoms with E-state index in [1.807, 2.05) is 48.5 Å². The molecular weight excluding hydrogens is 280 g/mol. The molecule has 2 aromatic carbocycles. The van der Waals surface area contributed by atoms with Crippen LogP contribution in [0.15, 0.2) is 57.8 Å². The minimum atomic E-state index is -0.0728. The molecule has 3 rings (SSSR count). The number of nitrogens with zero attached hydrogens (tertiary/aromatic N) is 1. The molecule has 0 atom stereocenters. The maximum atomic E-state index is 11.8. The molecule has 84 valence electrons. The number of rotatable bonds is 1. The lowest BCUT2D eigenvalue weighted by atomic mass is 10.2. The average molecular weight is 289 g/mol. The lowest BCUT2D eigenvalue weighted by molar-refractivity contribution is 0.891. The Morgan fingerprint density at radius 3 is 2.59 bits per heavy atom. The Balaban J connectivity index is 2.38. The molecule has 0 radical (unpaired) electrons. The van der Waals surface area contributed by atoms with Crippen molar-refractivity contribution in [1.29, 1.82) is 0 Å². The summed E-state index contributed by atoms with van der Waals surface area (Å²) in [5.74, 6) is 0. The first-order valence-electron chi connectivity index (χ1n) is 5.21. The van der Waals surface area contributed by atoms with E-state index in [2.05, 4.69) is 21.0 Å². The summed E-state index contributed by atoms with van der Waals surface area (Å²) < 4.78 is 2.75. The highest BCUT2D eigenvalue weighted by molar-refractivity contribution is 9.10. The van der Waals surface area contributed by atoms with Crippen molar-refractivity contribution in [3.8, 4) is 5.69 Å². The van der Waals surface area contributed by atoms with Gasteiger partial charge in [-0.2, -0.15) is 0 Å². The molecule has 17 heavy (non-hydrogen) atoms. The van der Waals surface area contributed by atoms with Gasteiger partial charge in [0.05, 0.1) is 16.6 Å². The number of benzene rings is 2. The van der Waals surface area contributed by atoms with Crippen LogP contribution in [0.3, 0.4) is 0 Å². The highest BCUT2D eigenvalue weighted by Gasteiger charge is 2.07. The van der Waals surface area contributed by atoms with Crippen molar-refractivity contribution in [3.63, 3.8) is 0 Å². The molecule has 0 aliphatic heterocycles. The fraction of sp³-hybridized carbons (Fsp3) is 0. The average Bonchev–Trinajstić information content (AvgIpc) is 2.67. The molecule has 0 saturated heterocycles. The Bertz CT molecular complexity index is 728. The Labute approximate surface area is 106 Å². The van der Waals surface area contributed by atoms with Gasteiger partial charge in [0, 0.05) is 4.47 Å². The standard InChI is InChI=1S/C13H9BrN2O/c14-9-6-7-11-12(8-9)16(15-13(11)17)10-4-2-1-3-5-10/h1-8H,(H,15,17). The molecule has 3 nitrogen and oxygen atoms in total. The molecule has 0 saturated carbocycles. The lowest BCUT2D eigenvalue weighted by Crippen LogP contribution is -2.03. The van der Waals surface area contributed by atoms with Crippen LogP contribution in [0, 0.1) is 0 Å². The summed E-state index contributed by atoms with van der Waals surface area (Å²) in [7, 11) is 0. The molecule has 1 aromatic heterocycles. The van der Waals surface area contributed by atoms with Gasteiger partial charge in [-0.05, 0) is 30.3 Å². The van der Waals surface area contributed by atoms with Crippen LogP contribution in [0.4, 0.5) is 0 Å². The second kappa shape index (κ2) is 3.89. The first-order chi connectivity index (χ1) is 8.25. The van der Waals surface area contributed by atoms with Crippen molar-refractivity contribution in [2.45, 2.75) is 0 Å². The summed E-state index contributed by atoms with van der Waals surface area (Å²) in [6, 6.07) is 15.4. The Kier molecular flexibility index (Phi) is 2.37. The topological polar surface area (TPSA) is 37.8 Å². The first kappa shape index (κ1) is 10.4. The fourth-order valence-corrected chi connectivity index (χ4v) is 2.23. The molecule has 0 aliphatic carbocycles. The highest BCUT2D eigenvalue weighted by Crippen LogP contribution is 2.19. The van der Waals surface area contributed by atoms with E-state index in [0.717, 1.165) is 15.7 Å². The van der Waals surface area contributed by atoms with Crippen LogP contribution in [0.25, 0.3) is 16.6 Å². The van der Waals surface area contributed by atoms with Crippen LogP contribution in [0.1, 0.15) is 0 Å². The van der Waals surface area contributed by atoms with Gasteiger partial charge >= 0.3 is 0 Å². The molecule has 0 spiro atoms. The van der Waals surface area contributed by atoms with Crippen molar-refractivity contribution in [3.05, 3.63) is 63.4 Å². The second-order valence-electron chi connectivity index (χ2n) is 3.77. The van der Waals surface area contributed by atoms with E-state index < -0.39 is 0 Å². The Morgan fingerprint density at radius 1 is 1.06 bits per heavy atom. The minimum absolute atomic E-state index is 0.0728. The zero-order valence-electron chi connectivity index (χ0n) is 8.85. The number of aromatic amines is 1. The molecule has 0 aliphatic rings. The first-order valence-corrected chi connectivity index (χ1v) is 6.01. The van der Waals surface area contributed by atoms with Gasteiger partial charge in [-0.15, -0.1) is 0 Å². The summed E-state index contributed by atoms with van der Waals surface area (Å²) in [5, 5.41) is 3.53. The van der Waals surface area contributed by atoms with Gasteiger partial charge in [0.1, 0.15) is 0 Å². The van der Waals surface area contributed by atoms with Crippen molar-refractivity contribution < 1.29 is 0 Å². The van der Waals surface area contributed by atoms with E-state index in [1.54, 1.807) is 4.68 Å². The molecule has 3 aromatic rings. The number of para-hydroxylation sites is 1. The maximum absolute atomic E-state index is 11.8. The van der Waals surface area contributed by atoms with E-state index in [1.165, 1.54) is 0 Å². The summed E-state index contributed by atoms with van der Waals surface area (Å²) in [5.41, 5.74) is 1.74. The van der Waals surface area contributed by atoms with Crippen molar-refractivity contribution in [2.24, 2.45) is 0 Å². The van der Waals surface area contributed by atoms with Gasteiger partial charge < -0.3 is 0 Å². The third-order valence-electron chi connectivity index (χ3n) is 2.67. The van der Waals surface area contributed by atoms with Gasteiger partial charge in [0.15, 0.2) is 0 Å². The van der Waals surface area contributed by atoms with Gasteiger partial charge in [-0.3, -0.25) is 14.6 Å². The molecule has 4 heteroatoms. The van der Waals surface area contributed by atoms with Crippen LogP contribution in [0.2, 0.25) is 0 Å². The van der Waals surface area contributed by atoms with E-state index in [4.69, 9.17) is 0 Å². The van der Waals surface area contributed by atoms with Gasteiger partial charge in [0.25, 0.3) is 5.56 Å². The number of nitrogens with one attached hydrogen (secondary N) is 1. The SMILES string of the molecule is O=c1[nH]n(-c2ccccc2)c2cc(Br)ccc12. The van der Waals surface area contributed by atoms with E-state index in [-0.39, 0.29) is 5.56 Å². The predicted octanol–water partition coefficient (Wildman–Crippen LogP) is 3.08. The summed E-state index contributed by atoms with van der Waals surface area (Å²) in [4.78, 5) is 11.8. The number of halogens is 1. The Morgan fingerprint density at radius 2 is 1.82 bits per heavy atom. The van der Waals surface area contributed by atoms with Crippen LogP contribution in [-0.4, -0.2) is 9.78 Å². The highest BCUT2D eigenvalue weighted by atomic mass is 79.9. The lowest BCUT2D eigenvalue weighted by Gasteiger charge is -2.03. The quantitative estimate of drug-likeness (QED) is 0.734. The van der Waals surface area contributed by atoms with Crippen molar-refractivity contribution in [2.75, 3.05) is 0 Å². The molecule has 0 unspecified atom stereocenters. The van der Waals surface area contributed by atoms with Gasteiger partial charge in [0.2, 0.25) is 0 Å². The molecule has 0 bridgehead atoms. The predicted molar refractivity (Wildman–Crippen MR) is 71.6 cm³/mol. The van der Waals surface area contributed by atoms with E-state index in [9.17, 15) is 4.79 Å². The van der Waals surface area contributed by atoms with Crippen LogP contribution < -0.4 is 5.56 Å². The fourth-order valence-electron chi connectivity index (χ4n) is 1.88. The third kappa shape index (κ3) is 1.70. The molecule has 1 heterocycles. The third-order valence-corrected chi connectivity index (χ3v) is 3.17. The zero-order valence-corrected chi connectivity index (χ0v) is 10.4. The summed E-state index contributed by atoms with van der Waals surface area (Å²) >= 11 is 3.42. The van der Waals surface area contributed by atoms with Crippen LogP contribution in [0.5, 0.6) is 0 Å². The number of H-pyrrole nitrogens is 1. The molecule has 0 amide bonds. The van der Waals surface area contributed by atoms with E-state index in [0.29, 0.717) is 5.39 Å². The zero-order chi connectivity index (χ0) is 11.8. The molecular formula is C13H9BrN2O. The number of fused-ring (bicyclic) bond motifs is 1. The van der Waals surface area contributed by atoms with Crippen LogP contribution >= 0.6 is 15.9 Å². The number of hydrogen-bond acceptors (Lipinski definition) is 1. The number of hydrogen-bond donors (Lipinski definition) is 1. The molecule has 1 N–H and O–H groups in total. The largest absolute Gasteiger partial charge is 0.272 e. The maximum Gasteiger partial charge on any atom is 0.272 e. The second-order valence-corrected chi connectivity index (χ2v) is 4.69. The number of aromatic nitrogens is 2.